The van der Waals surface area contributed by atoms with Gasteiger partial charge in [0.1, 0.15) is 17.0 Å². The molecule has 3 aromatic rings. The first-order valence-electron chi connectivity index (χ1n) is 6.87. The van der Waals surface area contributed by atoms with Crippen LogP contribution in [0.4, 0.5) is 5.82 Å². The van der Waals surface area contributed by atoms with Crippen molar-refractivity contribution in [2.24, 2.45) is 5.73 Å². The first-order chi connectivity index (χ1) is 10.2. The summed E-state index contributed by atoms with van der Waals surface area (Å²) >= 11 is 1.70. The molecule has 0 radical (unpaired) electrons. The van der Waals surface area contributed by atoms with Gasteiger partial charge >= 0.3 is 0 Å². The van der Waals surface area contributed by atoms with Gasteiger partial charge in [0.05, 0.1) is 5.39 Å². The summed E-state index contributed by atoms with van der Waals surface area (Å²) in [5.41, 5.74) is 8.09. The third kappa shape index (κ3) is 2.89. The molecule has 0 aliphatic carbocycles. The molecule has 1 aromatic carbocycles. The fourth-order valence-corrected chi connectivity index (χ4v) is 3.31. The van der Waals surface area contributed by atoms with Gasteiger partial charge in [0.15, 0.2) is 0 Å². The molecule has 0 aliphatic rings. The highest BCUT2D eigenvalue weighted by Gasteiger charge is 2.11. The lowest BCUT2D eigenvalue weighted by molar-refractivity contribution is 0.896. The molecular formula is C16H18N4S. The Morgan fingerprint density at radius 2 is 2.00 bits per heavy atom. The van der Waals surface area contributed by atoms with E-state index in [0.29, 0.717) is 6.54 Å². The fraction of sp³-hybridized carbons (Fsp3) is 0.250. The summed E-state index contributed by atoms with van der Waals surface area (Å²) in [4.78, 5) is 13.3. The molecule has 2 heterocycles. The Morgan fingerprint density at radius 1 is 1.19 bits per heavy atom. The number of aromatic nitrogens is 2. The first-order valence-corrected chi connectivity index (χ1v) is 7.69. The molecule has 3 rings (SSSR count). The van der Waals surface area contributed by atoms with Crippen LogP contribution in [0.1, 0.15) is 16.0 Å². The summed E-state index contributed by atoms with van der Waals surface area (Å²) in [6.45, 7) is 3.47. The number of hydrogen-bond donors (Lipinski definition) is 1. The lowest BCUT2D eigenvalue weighted by Crippen LogP contribution is -2.18. The van der Waals surface area contributed by atoms with Crippen molar-refractivity contribution in [3.05, 3.63) is 52.7 Å². The van der Waals surface area contributed by atoms with Crippen molar-refractivity contribution >= 4 is 27.4 Å². The predicted molar refractivity (Wildman–Crippen MR) is 88.6 cm³/mol. The molecule has 2 N–H and O–H groups in total. The van der Waals surface area contributed by atoms with Crippen molar-refractivity contribution in [1.82, 2.24) is 9.97 Å². The van der Waals surface area contributed by atoms with Gasteiger partial charge in [-0.1, -0.05) is 24.3 Å². The average molecular weight is 298 g/mol. The van der Waals surface area contributed by atoms with Crippen LogP contribution in [0.2, 0.25) is 0 Å². The van der Waals surface area contributed by atoms with Crippen molar-refractivity contribution < 1.29 is 0 Å². The van der Waals surface area contributed by atoms with Crippen LogP contribution in [-0.2, 0) is 13.1 Å². The highest BCUT2D eigenvalue weighted by atomic mass is 32.1. The van der Waals surface area contributed by atoms with Gasteiger partial charge in [0.25, 0.3) is 0 Å². The second-order valence-electron chi connectivity index (χ2n) is 5.15. The fourth-order valence-electron chi connectivity index (χ4n) is 2.47. The molecule has 0 saturated heterocycles. The largest absolute Gasteiger partial charge is 0.355 e. The number of nitrogens with two attached hydrogens (primary N) is 1. The highest BCUT2D eigenvalue weighted by Crippen LogP contribution is 2.29. The maximum atomic E-state index is 5.70. The van der Waals surface area contributed by atoms with Crippen LogP contribution in [0.3, 0.4) is 0 Å². The lowest BCUT2D eigenvalue weighted by Gasteiger charge is -2.19. The van der Waals surface area contributed by atoms with E-state index >= 15 is 0 Å². The minimum atomic E-state index is 0.568. The molecule has 2 aromatic heterocycles. The Labute approximate surface area is 128 Å². The van der Waals surface area contributed by atoms with E-state index in [4.69, 9.17) is 5.73 Å². The molecule has 0 unspecified atom stereocenters. The molecule has 108 valence electrons. The maximum Gasteiger partial charge on any atom is 0.140 e. The summed E-state index contributed by atoms with van der Waals surface area (Å²) < 4.78 is 0. The van der Waals surface area contributed by atoms with Gasteiger partial charge < -0.3 is 10.6 Å². The minimum absolute atomic E-state index is 0.568. The van der Waals surface area contributed by atoms with Crippen LogP contribution in [0, 0.1) is 6.92 Å². The van der Waals surface area contributed by atoms with Gasteiger partial charge in [-0.3, -0.25) is 0 Å². The van der Waals surface area contributed by atoms with Gasteiger partial charge in [0.2, 0.25) is 0 Å². The highest BCUT2D eigenvalue weighted by molar-refractivity contribution is 7.18. The lowest BCUT2D eigenvalue weighted by atomic mass is 10.1. The average Bonchev–Trinajstić information content (AvgIpc) is 2.87. The number of anilines is 1. The zero-order valence-corrected chi connectivity index (χ0v) is 13.0. The molecule has 0 aliphatic heterocycles. The monoisotopic (exact) mass is 298 g/mol. The zero-order valence-electron chi connectivity index (χ0n) is 12.2. The summed E-state index contributed by atoms with van der Waals surface area (Å²) in [7, 11) is 2.06. The quantitative estimate of drug-likeness (QED) is 0.804. The number of rotatable bonds is 4. The number of benzene rings is 1. The Morgan fingerprint density at radius 3 is 2.81 bits per heavy atom. The normalized spacial score (nSPS) is 11.0. The SMILES string of the molecule is Cc1cc2c(N(C)Cc3cccc(CN)c3)ncnc2s1. The minimum Gasteiger partial charge on any atom is -0.355 e. The van der Waals surface area contributed by atoms with Gasteiger partial charge in [-0.05, 0) is 24.1 Å². The first kappa shape index (κ1) is 14.0. The number of aryl methyl sites for hydroxylation is 1. The van der Waals surface area contributed by atoms with Crippen LogP contribution in [-0.4, -0.2) is 17.0 Å². The van der Waals surface area contributed by atoms with Gasteiger partial charge in [0, 0.05) is 25.0 Å². The number of hydrogen-bond acceptors (Lipinski definition) is 5. The number of thiophene rings is 1. The summed E-state index contributed by atoms with van der Waals surface area (Å²) in [5.74, 6) is 0.975. The van der Waals surface area contributed by atoms with Gasteiger partial charge in [-0.15, -0.1) is 11.3 Å². The van der Waals surface area contributed by atoms with Crippen LogP contribution in [0.5, 0.6) is 0 Å². The molecule has 4 nitrogen and oxygen atoms in total. The van der Waals surface area contributed by atoms with E-state index < -0.39 is 0 Å². The topological polar surface area (TPSA) is 55.0 Å². The van der Waals surface area contributed by atoms with Gasteiger partial charge in [-0.2, -0.15) is 0 Å². The van der Waals surface area contributed by atoms with E-state index in [2.05, 4.69) is 59.2 Å². The van der Waals surface area contributed by atoms with Gasteiger partial charge in [-0.25, -0.2) is 9.97 Å². The van der Waals surface area contributed by atoms with Crippen molar-refractivity contribution in [1.29, 1.82) is 0 Å². The standard InChI is InChI=1S/C16H18N4S/c1-11-6-14-15(18-10-19-16(14)21-11)20(2)9-13-5-3-4-12(7-13)8-17/h3-7,10H,8-9,17H2,1-2H3. The second-order valence-corrected chi connectivity index (χ2v) is 6.39. The van der Waals surface area contributed by atoms with Crippen LogP contribution >= 0.6 is 11.3 Å². The molecule has 0 fully saturated rings. The van der Waals surface area contributed by atoms with Crippen molar-refractivity contribution in [2.45, 2.75) is 20.0 Å². The molecule has 21 heavy (non-hydrogen) atoms. The van der Waals surface area contributed by atoms with E-state index in [1.54, 1.807) is 17.7 Å². The van der Waals surface area contributed by atoms with E-state index in [9.17, 15) is 0 Å². The second kappa shape index (κ2) is 5.79. The van der Waals surface area contributed by atoms with Crippen molar-refractivity contribution in [3.8, 4) is 0 Å². The van der Waals surface area contributed by atoms with Crippen LogP contribution in [0.25, 0.3) is 10.2 Å². The van der Waals surface area contributed by atoms with E-state index in [-0.39, 0.29) is 0 Å². The zero-order chi connectivity index (χ0) is 14.8. The Bertz CT molecular complexity index is 766. The molecule has 5 heteroatoms. The predicted octanol–water partition coefficient (Wildman–Crippen LogP) is 3.09. The summed E-state index contributed by atoms with van der Waals surface area (Å²) in [6.07, 6.45) is 1.64. The van der Waals surface area contributed by atoms with E-state index in [1.165, 1.54) is 10.4 Å². The molecule has 0 bridgehead atoms. The molecule has 0 saturated carbocycles. The smallest absolute Gasteiger partial charge is 0.140 e. The van der Waals surface area contributed by atoms with Crippen LogP contribution in [0.15, 0.2) is 36.7 Å². The van der Waals surface area contributed by atoms with E-state index in [1.807, 2.05) is 0 Å². The number of nitrogens with zero attached hydrogens (tertiary/aromatic N) is 3. The van der Waals surface area contributed by atoms with E-state index in [0.717, 1.165) is 28.1 Å². The molecule has 0 atom stereocenters. The van der Waals surface area contributed by atoms with Crippen molar-refractivity contribution in [3.63, 3.8) is 0 Å². The third-order valence-electron chi connectivity index (χ3n) is 3.44. The summed E-state index contributed by atoms with van der Waals surface area (Å²) in [5, 5.41) is 1.12. The van der Waals surface area contributed by atoms with Crippen molar-refractivity contribution in [2.75, 3.05) is 11.9 Å². The molecule has 0 amide bonds. The summed E-state index contributed by atoms with van der Waals surface area (Å²) in [6, 6.07) is 10.5. The third-order valence-corrected chi connectivity index (χ3v) is 4.40. The maximum absolute atomic E-state index is 5.70. The Kier molecular flexibility index (Phi) is 3.86. The molecule has 0 spiro atoms. The van der Waals surface area contributed by atoms with Crippen LogP contribution < -0.4 is 10.6 Å². The Hall–Kier alpha value is -1.98. The Balaban J connectivity index is 1.91. The number of fused-ring (bicyclic) bond motifs is 1. The molecular weight excluding hydrogens is 280 g/mol.